The lowest BCUT2D eigenvalue weighted by molar-refractivity contribution is -0.148. The van der Waals surface area contributed by atoms with Crippen LogP contribution in [0.25, 0.3) is 0 Å². The summed E-state index contributed by atoms with van der Waals surface area (Å²) in [5, 5.41) is 10.6. The molecule has 2 fully saturated rings. The molecule has 41 heavy (non-hydrogen) atoms. The van der Waals surface area contributed by atoms with Crippen molar-refractivity contribution in [3.05, 3.63) is 83.4 Å². The first-order valence-corrected chi connectivity index (χ1v) is 14.5. The summed E-state index contributed by atoms with van der Waals surface area (Å²) in [4.78, 5) is 48.3. The lowest BCUT2D eigenvalue weighted by Crippen LogP contribution is -2.58. The van der Waals surface area contributed by atoms with Crippen molar-refractivity contribution in [3.8, 4) is 0 Å². The summed E-state index contributed by atoms with van der Waals surface area (Å²) in [6.07, 6.45) is 7.92. The van der Waals surface area contributed by atoms with Crippen LogP contribution in [0.4, 0.5) is 11.4 Å². The normalized spacial score (nSPS) is 31.6. The molecule has 1 N–H and O–H groups in total. The molecule has 4 heterocycles. The first-order valence-electron chi connectivity index (χ1n) is 14.1. The quantitative estimate of drug-likeness (QED) is 0.546. The Kier molecular flexibility index (Phi) is 6.83. The molecule has 214 valence electrons. The van der Waals surface area contributed by atoms with Crippen molar-refractivity contribution in [2.45, 2.75) is 50.5 Å². The molecule has 6 atom stereocenters. The van der Waals surface area contributed by atoms with E-state index in [-0.39, 0.29) is 30.9 Å². The van der Waals surface area contributed by atoms with E-state index in [0.717, 1.165) is 11.3 Å². The van der Waals surface area contributed by atoms with E-state index < -0.39 is 35.1 Å². The molecule has 1 unspecified atom stereocenters. The Morgan fingerprint density at radius 3 is 2.34 bits per heavy atom. The number of anilines is 2. The maximum atomic E-state index is 14.6. The van der Waals surface area contributed by atoms with E-state index in [2.05, 4.69) is 0 Å². The van der Waals surface area contributed by atoms with Crippen LogP contribution in [0.2, 0.25) is 5.02 Å². The van der Waals surface area contributed by atoms with E-state index in [0.29, 0.717) is 23.7 Å². The Bertz CT molecular complexity index is 1440. The van der Waals surface area contributed by atoms with Crippen LogP contribution >= 0.6 is 11.6 Å². The molecule has 2 aromatic carbocycles. The van der Waals surface area contributed by atoms with Crippen LogP contribution in [0, 0.1) is 18.8 Å². The first kappa shape index (κ1) is 27.7. The molecule has 0 radical (unpaired) electrons. The van der Waals surface area contributed by atoms with E-state index in [4.69, 9.17) is 16.3 Å². The number of rotatable bonds is 5. The zero-order valence-corrected chi connectivity index (χ0v) is 24.1. The Balaban J connectivity index is 1.53. The molecule has 0 aromatic heterocycles. The van der Waals surface area contributed by atoms with E-state index in [9.17, 15) is 19.5 Å². The zero-order chi connectivity index (χ0) is 29.1. The second kappa shape index (κ2) is 10.1. The Morgan fingerprint density at radius 2 is 1.66 bits per heavy atom. The molecule has 3 amide bonds. The Labute approximate surface area is 244 Å². The molecule has 1 spiro atoms. The van der Waals surface area contributed by atoms with Gasteiger partial charge in [-0.25, -0.2) is 0 Å². The van der Waals surface area contributed by atoms with Crippen molar-refractivity contribution in [3.63, 3.8) is 0 Å². The molecule has 4 aliphatic heterocycles. The second-order valence-electron chi connectivity index (χ2n) is 11.3. The fourth-order valence-corrected chi connectivity index (χ4v) is 7.59. The fraction of sp³-hybridized carbons (Fsp3) is 0.406. The van der Waals surface area contributed by atoms with Gasteiger partial charge in [-0.05, 0) is 44.0 Å². The molecule has 0 bridgehead atoms. The van der Waals surface area contributed by atoms with Gasteiger partial charge < -0.3 is 24.5 Å². The van der Waals surface area contributed by atoms with E-state index in [1.807, 2.05) is 80.6 Å². The third-order valence-electron chi connectivity index (χ3n) is 9.14. The predicted molar refractivity (Wildman–Crippen MR) is 157 cm³/mol. The molecule has 8 nitrogen and oxygen atoms in total. The second-order valence-corrected chi connectivity index (χ2v) is 11.7. The number of aliphatic hydroxyl groups is 1. The molecule has 0 aliphatic carbocycles. The number of benzene rings is 2. The summed E-state index contributed by atoms with van der Waals surface area (Å²) in [6, 6.07) is 13.0. The number of ether oxygens (including phenoxy) is 1. The maximum Gasteiger partial charge on any atom is 0.253 e. The summed E-state index contributed by atoms with van der Waals surface area (Å²) in [6.45, 7) is 5.74. The van der Waals surface area contributed by atoms with Crippen molar-refractivity contribution in [2.75, 3.05) is 29.5 Å². The summed E-state index contributed by atoms with van der Waals surface area (Å²) in [5.41, 5.74) is -0.394. The van der Waals surface area contributed by atoms with Gasteiger partial charge in [0.05, 0.1) is 40.8 Å². The largest absolute Gasteiger partial charge is 0.394 e. The predicted octanol–water partition coefficient (Wildman–Crippen LogP) is 3.90. The number of carbonyl (C=O) groups is 3. The summed E-state index contributed by atoms with van der Waals surface area (Å²) >= 11 is 6.62. The highest BCUT2D eigenvalue weighted by Crippen LogP contribution is 2.59. The minimum absolute atomic E-state index is 0.219. The van der Waals surface area contributed by atoms with E-state index in [1.165, 1.54) is 4.90 Å². The van der Waals surface area contributed by atoms with Gasteiger partial charge in [0.1, 0.15) is 11.6 Å². The van der Waals surface area contributed by atoms with E-state index in [1.54, 1.807) is 22.8 Å². The number of likely N-dealkylation sites (tertiary alicyclic amines) is 1. The third-order valence-corrected chi connectivity index (χ3v) is 9.45. The number of nitrogens with zero attached hydrogens (tertiary/aromatic N) is 3. The van der Waals surface area contributed by atoms with Crippen LogP contribution in [0.1, 0.15) is 25.8 Å². The van der Waals surface area contributed by atoms with Crippen molar-refractivity contribution in [2.24, 2.45) is 11.8 Å². The highest BCUT2D eigenvalue weighted by molar-refractivity contribution is 6.34. The summed E-state index contributed by atoms with van der Waals surface area (Å²) < 4.78 is 7.00. The summed E-state index contributed by atoms with van der Waals surface area (Å²) in [5.74, 6) is -2.79. The van der Waals surface area contributed by atoms with Crippen LogP contribution in [0.15, 0.2) is 72.8 Å². The van der Waals surface area contributed by atoms with Crippen LogP contribution < -0.4 is 9.80 Å². The molecule has 4 aliphatic rings. The average Bonchev–Trinajstić information content (AvgIpc) is 3.27. The van der Waals surface area contributed by atoms with E-state index >= 15 is 0 Å². The van der Waals surface area contributed by atoms with Crippen LogP contribution in [-0.2, 0) is 19.1 Å². The average molecular weight is 576 g/mol. The number of aryl methyl sites for hydroxylation is 1. The molecule has 2 saturated heterocycles. The minimum Gasteiger partial charge on any atom is -0.394 e. The number of halogens is 1. The highest BCUT2D eigenvalue weighted by Gasteiger charge is 2.75. The van der Waals surface area contributed by atoms with Crippen LogP contribution in [-0.4, -0.2) is 70.7 Å². The Morgan fingerprint density at radius 1 is 0.951 bits per heavy atom. The number of hydrogen-bond acceptors (Lipinski definition) is 5. The molecular formula is C32H34ClN3O5. The first-order chi connectivity index (χ1) is 19.7. The van der Waals surface area contributed by atoms with Gasteiger partial charge in [0, 0.05) is 18.8 Å². The SMILES string of the molecule is CC[C@]12C=CCN(c3ccccc3)C(=O)[C@H]1[C@H]1C(=O)N([C@H](C)CO)C3C(=O)N(c4c(C)cccc4Cl)CC=C[C@@]31O2. The number of para-hydroxylation sites is 2. The smallest absolute Gasteiger partial charge is 0.253 e. The molecule has 9 heteroatoms. The van der Waals surface area contributed by atoms with Gasteiger partial charge in [0.25, 0.3) is 5.91 Å². The van der Waals surface area contributed by atoms with Crippen LogP contribution in [0.5, 0.6) is 0 Å². The molecule has 6 rings (SSSR count). The Hall–Kier alpha value is -3.46. The molecule has 0 saturated carbocycles. The van der Waals surface area contributed by atoms with Crippen molar-refractivity contribution < 1.29 is 24.2 Å². The number of hydrogen-bond donors (Lipinski definition) is 1. The van der Waals surface area contributed by atoms with Gasteiger partial charge in [0.15, 0.2) is 0 Å². The fourth-order valence-electron chi connectivity index (χ4n) is 7.27. The van der Waals surface area contributed by atoms with Crippen molar-refractivity contribution >= 4 is 40.7 Å². The van der Waals surface area contributed by atoms with Gasteiger partial charge in [0.2, 0.25) is 11.8 Å². The minimum atomic E-state index is -1.41. The van der Waals surface area contributed by atoms with Gasteiger partial charge in [-0.3, -0.25) is 14.4 Å². The zero-order valence-electron chi connectivity index (χ0n) is 23.4. The topological polar surface area (TPSA) is 90.4 Å². The van der Waals surface area contributed by atoms with Gasteiger partial charge in [-0.2, -0.15) is 0 Å². The number of aliphatic hydroxyl groups excluding tert-OH is 1. The number of amides is 3. The number of carbonyl (C=O) groups excluding carboxylic acids is 3. The highest BCUT2D eigenvalue weighted by atomic mass is 35.5. The number of fused-ring (bicyclic) bond motifs is 2. The summed E-state index contributed by atoms with van der Waals surface area (Å²) in [7, 11) is 0. The standard InChI is InChI=1S/C32H34ClN3O5/c1-4-31-15-9-17-34(22-12-6-5-7-13-22)28(38)24(31)25-29(39)36(21(3)19-37)27-30(40)35(18-10-16-32(25,27)41-31)26-20(2)11-8-14-23(26)33/h5-16,21,24-25,27,37H,4,17-19H2,1-3H3/t21-,24-,25+,27?,31+,32+/m1/s1. The lowest BCUT2D eigenvalue weighted by Gasteiger charge is -2.40. The van der Waals surface area contributed by atoms with Crippen molar-refractivity contribution in [1.29, 1.82) is 0 Å². The molecule has 2 aromatic rings. The van der Waals surface area contributed by atoms with Crippen molar-refractivity contribution in [1.82, 2.24) is 4.90 Å². The van der Waals surface area contributed by atoms with Gasteiger partial charge in [-0.1, -0.05) is 73.2 Å². The monoisotopic (exact) mass is 575 g/mol. The van der Waals surface area contributed by atoms with Crippen LogP contribution in [0.3, 0.4) is 0 Å². The van der Waals surface area contributed by atoms with Gasteiger partial charge >= 0.3 is 0 Å². The third kappa shape index (κ3) is 3.91. The molecular weight excluding hydrogens is 542 g/mol. The maximum absolute atomic E-state index is 14.6. The lowest BCUT2D eigenvalue weighted by atomic mass is 9.73. The van der Waals surface area contributed by atoms with Gasteiger partial charge in [-0.15, -0.1) is 0 Å².